The monoisotopic (exact) mass is 367 g/mol. The molecular weight excluding hydrogens is 342 g/mol. The second-order valence-corrected chi connectivity index (χ2v) is 6.64. The van der Waals surface area contributed by atoms with Gasteiger partial charge in [0.2, 0.25) is 5.91 Å². The Morgan fingerprint density at radius 2 is 2.20 bits per heavy atom. The molecule has 138 valence electrons. The average molecular weight is 368 g/mol. The van der Waals surface area contributed by atoms with E-state index in [0.717, 1.165) is 13.0 Å². The number of methoxy groups -OCH3 is 1. The van der Waals surface area contributed by atoms with Crippen molar-refractivity contribution in [3.63, 3.8) is 0 Å². The number of likely N-dealkylation sites (tertiary alicyclic amines) is 1. The van der Waals surface area contributed by atoms with Crippen LogP contribution < -0.4 is 15.4 Å². The van der Waals surface area contributed by atoms with Gasteiger partial charge in [0.15, 0.2) is 0 Å². The molecule has 1 heterocycles. The van der Waals surface area contributed by atoms with E-state index in [1.807, 2.05) is 13.8 Å². The fraction of sp³-hybridized carbons (Fsp3) is 0.556. The molecule has 0 saturated carbocycles. The summed E-state index contributed by atoms with van der Waals surface area (Å²) in [6.45, 7) is 5.97. The summed E-state index contributed by atoms with van der Waals surface area (Å²) in [7, 11) is 1.51. The molecule has 7 heteroatoms. The maximum absolute atomic E-state index is 12.9. The van der Waals surface area contributed by atoms with Gasteiger partial charge in [0.1, 0.15) is 11.8 Å². The predicted octanol–water partition coefficient (Wildman–Crippen LogP) is 2.07. The molecule has 2 amide bonds. The highest BCUT2D eigenvalue weighted by Crippen LogP contribution is 2.27. The highest BCUT2D eigenvalue weighted by Gasteiger charge is 2.35. The molecule has 25 heavy (non-hydrogen) atoms. The van der Waals surface area contributed by atoms with Crippen LogP contribution in [0.4, 0.5) is 0 Å². The van der Waals surface area contributed by atoms with Crippen molar-refractivity contribution in [1.82, 2.24) is 15.5 Å². The molecule has 2 N–H and O–H groups in total. The lowest BCUT2D eigenvalue weighted by atomic mass is 10.1. The van der Waals surface area contributed by atoms with Crippen molar-refractivity contribution in [3.05, 3.63) is 28.8 Å². The van der Waals surface area contributed by atoms with Gasteiger partial charge in [0.05, 0.1) is 12.7 Å². The van der Waals surface area contributed by atoms with E-state index in [1.54, 1.807) is 23.1 Å². The van der Waals surface area contributed by atoms with Crippen LogP contribution in [0.15, 0.2) is 18.2 Å². The minimum absolute atomic E-state index is 0.114. The van der Waals surface area contributed by atoms with Crippen LogP contribution in [-0.4, -0.2) is 55.5 Å². The van der Waals surface area contributed by atoms with Gasteiger partial charge in [-0.15, -0.1) is 0 Å². The molecule has 1 aromatic rings. The van der Waals surface area contributed by atoms with E-state index in [4.69, 9.17) is 16.3 Å². The number of carbonyl (C=O) groups is 2. The zero-order valence-electron chi connectivity index (χ0n) is 15.0. The Bertz CT molecular complexity index is 624. The van der Waals surface area contributed by atoms with Crippen molar-refractivity contribution in [2.45, 2.75) is 38.8 Å². The van der Waals surface area contributed by atoms with E-state index in [1.165, 1.54) is 7.11 Å². The molecule has 1 aromatic carbocycles. The summed E-state index contributed by atoms with van der Waals surface area (Å²) in [6.07, 6.45) is 1.46. The van der Waals surface area contributed by atoms with E-state index in [0.29, 0.717) is 35.8 Å². The largest absolute Gasteiger partial charge is 0.496 e. The molecule has 1 aliphatic heterocycles. The first-order chi connectivity index (χ1) is 12.0. The number of nitrogens with one attached hydrogen (secondary N) is 2. The van der Waals surface area contributed by atoms with Crippen LogP contribution >= 0.6 is 11.6 Å². The average Bonchev–Trinajstić information content (AvgIpc) is 3.09. The summed E-state index contributed by atoms with van der Waals surface area (Å²) in [6, 6.07) is 4.66. The van der Waals surface area contributed by atoms with Crippen LogP contribution in [0.2, 0.25) is 5.02 Å². The first kappa shape index (κ1) is 19.5. The van der Waals surface area contributed by atoms with Gasteiger partial charge >= 0.3 is 0 Å². The van der Waals surface area contributed by atoms with E-state index in [9.17, 15) is 9.59 Å². The van der Waals surface area contributed by atoms with Crippen molar-refractivity contribution in [2.75, 3.05) is 26.7 Å². The third-order valence-electron chi connectivity index (χ3n) is 4.34. The number of hydrogen-bond donors (Lipinski definition) is 2. The number of likely N-dealkylation sites (N-methyl/N-ethyl adjacent to an activating group) is 1. The van der Waals surface area contributed by atoms with Gasteiger partial charge in [0.25, 0.3) is 5.91 Å². The van der Waals surface area contributed by atoms with Crippen molar-refractivity contribution in [2.24, 2.45) is 0 Å². The first-order valence-corrected chi connectivity index (χ1v) is 9.01. The summed E-state index contributed by atoms with van der Waals surface area (Å²) in [4.78, 5) is 27.1. The number of ether oxygens (including phenoxy) is 1. The molecule has 0 radical (unpaired) electrons. The summed E-state index contributed by atoms with van der Waals surface area (Å²) >= 11 is 6.03. The van der Waals surface area contributed by atoms with Crippen LogP contribution in [-0.2, 0) is 4.79 Å². The van der Waals surface area contributed by atoms with Gasteiger partial charge in [-0.05, 0) is 44.5 Å². The predicted molar refractivity (Wildman–Crippen MR) is 98.2 cm³/mol. The third kappa shape index (κ3) is 4.86. The molecule has 2 atom stereocenters. The lowest BCUT2D eigenvalue weighted by molar-refractivity contribution is -0.124. The number of halogens is 1. The van der Waals surface area contributed by atoms with Crippen molar-refractivity contribution in [1.29, 1.82) is 0 Å². The molecule has 0 bridgehead atoms. The first-order valence-electron chi connectivity index (χ1n) is 8.63. The van der Waals surface area contributed by atoms with Gasteiger partial charge in [0, 0.05) is 24.2 Å². The third-order valence-corrected chi connectivity index (χ3v) is 4.58. The summed E-state index contributed by atoms with van der Waals surface area (Å²) in [5, 5.41) is 6.64. The quantitative estimate of drug-likeness (QED) is 0.774. The molecule has 1 fully saturated rings. The van der Waals surface area contributed by atoms with Crippen LogP contribution in [0.25, 0.3) is 0 Å². The van der Waals surface area contributed by atoms with Crippen LogP contribution in [0.3, 0.4) is 0 Å². The van der Waals surface area contributed by atoms with E-state index in [-0.39, 0.29) is 17.9 Å². The topological polar surface area (TPSA) is 70.7 Å². The molecule has 1 aliphatic rings. The van der Waals surface area contributed by atoms with Crippen LogP contribution in [0.1, 0.15) is 37.0 Å². The molecule has 0 spiro atoms. The number of rotatable bonds is 7. The molecule has 1 saturated heterocycles. The SMILES string of the molecule is CCN[C@H](C)CNC(=O)C1CCCN1C(=O)c1cc(Cl)ccc1OC. The maximum Gasteiger partial charge on any atom is 0.258 e. The van der Waals surface area contributed by atoms with E-state index < -0.39 is 6.04 Å². The highest BCUT2D eigenvalue weighted by atomic mass is 35.5. The van der Waals surface area contributed by atoms with Gasteiger partial charge < -0.3 is 20.3 Å². The van der Waals surface area contributed by atoms with E-state index in [2.05, 4.69) is 10.6 Å². The zero-order chi connectivity index (χ0) is 18.4. The Kier molecular flexibility index (Phi) is 7.08. The summed E-state index contributed by atoms with van der Waals surface area (Å²) < 4.78 is 5.27. The smallest absolute Gasteiger partial charge is 0.258 e. The number of hydrogen-bond acceptors (Lipinski definition) is 4. The molecule has 1 unspecified atom stereocenters. The minimum Gasteiger partial charge on any atom is -0.496 e. The van der Waals surface area contributed by atoms with Crippen LogP contribution in [0.5, 0.6) is 5.75 Å². The molecule has 0 aliphatic carbocycles. The second-order valence-electron chi connectivity index (χ2n) is 6.21. The normalized spacial score (nSPS) is 18.1. The fourth-order valence-electron chi connectivity index (χ4n) is 3.08. The van der Waals surface area contributed by atoms with E-state index >= 15 is 0 Å². The Morgan fingerprint density at radius 3 is 2.88 bits per heavy atom. The Morgan fingerprint density at radius 1 is 1.44 bits per heavy atom. The Balaban J connectivity index is 2.09. The van der Waals surface area contributed by atoms with Gasteiger partial charge in [-0.2, -0.15) is 0 Å². The molecular formula is C18H26ClN3O3. The number of carbonyl (C=O) groups excluding carboxylic acids is 2. The summed E-state index contributed by atoms with van der Waals surface area (Å²) in [5.41, 5.74) is 0.385. The second kappa shape index (κ2) is 9.06. The van der Waals surface area contributed by atoms with Gasteiger partial charge in [-0.1, -0.05) is 18.5 Å². The maximum atomic E-state index is 12.9. The molecule has 6 nitrogen and oxygen atoms in total. The zero-order valence-corrected chi connectivity index (χ0v) is 15.7. The molecule has 0 aromatic heterocycles. The molecule has 2 rings (SSSR count). The number of nitrogens with zero attached hydrogens (tertiary/aromatic N) is 1. The standard InChI is InChI=1S/C18H26ClN3O3/c1-4-20-12(2)11-21-17(23)15-6-5-9-22(15)18(24)14-10-13(19)7-8-16(14)25-3/h7-8,10,12,15,20H,4-6,9,11H2,1-3H3,(H,21,23)/t12-,15?/m1/s1. The van der Waals surface area contributed by atoms with Crippen molar-refractivity contribution >= 4 is 23.4 Å². The van der Waals surface area contributed by atoms with Crippen molar-refractivity contribution < 1.29 is 14.3 Å². The van der Waals surface area contributed by atoms with Gasteiger partial charge in [-0.3, -0.25) is 9.59 Å². The lowest BCUT2D eigenvalue weighted by Crippen LogP contribution is -2.48. The lowest BCUT2D eigenvalue weighted by Gasteiger charge is -2.25. The fourth-order valence-corrected chi connectivity index (χ4v) is 3.25. The van der Waals surface area contributed by atoms with Crippen molar-refractivity contribution in [3.8, 4) is 5.75 Å². The Labute approximate surface area is 153 Å². The Hall–Kier alpha value is -1.79. The van der Waals surface area contributed by atoms with Crippen LogP contribution in [0, 0.1) is 0 Å². The number of amides is 2. The number of benzene rings is 1. The highest BCUT2D eigenvalue weighted by molar-refractivity contribution is 6.31. The summed E-state index contributed by atoms with van der Waals surface area (Å²) in [5.74, 6) is 0.120. The van der Waals surface area contributed by atoms with Gasteiger partial charge in [-0.25, -0.2) is 0 Å². The minimum atomic E-state index is -0.454.